The first-order valence-electron chi connectivity index (χ1n) is 9.13. The highest BCUT2D eigenvalue weighted by Gasteiger charge is 2.21. The molecular weight excluding hydrogens is 324 g/mol. The molecule has 0 amide bonds. The summed E-state index contributed by atoms with van der Waals surface area (Å²) in [5.74, 6) is 2.81. The molecule has 1 aliphatic heterocycles. The first-order chi connectivity index (χ1) is 12.6. The normalized spacial score (nSPS) is 15.4. The number of aryl methyl sites for hydroxylation is 3. The van der Waals surface area contributed by atoms with Crippen LogP contribution in [-0.4, -0.2) is 39.1 Å². The highest BCUT2D eigenvalue weighted by Crippen LogP contribution is 2.24. The Morgan fingerprint density at radius 1 is 1.00 bits per heavy atom. The number of benzene rings is 1. The van der Waals surface area contributed by atoms with Crippen LogP contribution in [0.5, 0.6) is 0 Å². The molecule has 0 bridgehead atoms. The number of fused-ring (bicyclic) bond motifs is 1. The molecule has 4 rings (SSSR count). The summed E-state index contributed by atoms with van der Waals surface area (Å²) in [7, 11) is 0. The standard InChI is InChI=1S/C20H24N6/c1-13-4-5-18-17(10-13)20(22-12-21-18)25-16-6-8-26(9-7-16)19-11-14(2)23-15(3)24-19/h4-5,10-12,16H,6-9H2,1-3H3,(H,21,22,25). The molecule has 26 heavy (non-hydrogen) atoms. The summed E-state index contributed by atoms with van der Waals surface area (Å²) in [6, 6.07) is 8.78. The topological polar surface area (TPSA) is 66.8 Å². The van der Waals surface area contributed by atoms with Gasteiger partial charge in [0.1, 0.15) is 23.8 Å². The fourth-order valence-electron chi connectivity index (χ4n) is 3.59. The zero-order valence-corrected chi connectivity index (χ0v) is 15.5. The average Bonchev–Trinajstić information content (AvgIpc) is 2.62. The van der Waals surface area contributed by atoms with E-state index in [1.54, 1.807) is 6.33 Å². The van der Waals surface area contributed by atoms with Gasteiger partial charge in [-0.05, 0) is 45.7 Å². The fraction of sp³-hybridized carbons (Fsp3) is 0.400. The van der Waals surface area contributed by atoms with E-state index in [0.717, 1.165) is 60.0 Å². The van der Waals surface area contributed by atoms with Crippen LogP contribution in [0.25, 0.3) is 10.9 Å². The molecule has 3 heterocycles. The van der Waals surface area contributed by atoms with Crippen LogP contribution in [0, 0.1) is 20.8 Å². The minimum absolute atomic E-state index is 0.411. The summed E-state index contributed by atoms with van der Waals surface area (Å²) < 4.78 is 0. The molecule has 0 radical (unpaired) electrons. The van der Waals surface area contributed by atoms with Gasteiger partial charge in [-0.2, -0.15) is 0 Å². The quantitative estimate of drug-likeness (QED) is 0.782. The third-order valence-corrected chi connectivity index (χ3v) is 4.90. The van der Waals surface area contributed by atoms with Crippen molar-refractivity contribution in [2.45, 2.75) is 39.7 Å². The zero-order chi connectivity index (χ0) is 18.1. The summed E-state index contributed by atoms with van der Waals surface area (Å²) in [5.41, 5.74) is 3.23. The van der Waals surface area contributed by atoms with Gasteiger partial charge in [0.15, 0.2) is 0 Å². The molecule has 1 N–H and O–H groups in total. The molecule has 1 aromatic carbocycles. The van der Waals surface area contributed by atoms with Crippen LogP contribution in [0.2, 0.25) is 0 Å². The minimum Gasteiger partial charge on any atom is -0.367 e. The van der Waals surface area contributed by atoms with Gasteiger partial charge in [-0.15, -0.1) is 0 Å². The molecule has 1 saturated heterocycles. The molecule has 134 valence electrons. The summed E-state index contributed by atoms with van der Waals surface area (Å²) >= 11 is 0. The maximum atomic E-state index is 4.59. The maximum absolute atomic E-state index is 4.59. The van der Waals surface area contributed by atoms with E-state index >= 15 is 0 Å². The van der Waals surface area contributed by atoms with Gasteiger partial charge in [0.2, 0.25) is 0 Å². The number of nitrogens with one attached hydrogen (secondary N) is 1. The van der Waals surface area contributed by atoms with Gasteiger partial charge in [0.05, 0.1) is 5.52 Å². The lowest BCUT2D eigenvalue weighted by Gasteiger charge is -2.33. The minimum atomic E-state index is 0.411. The Kier molecular flexibility index (Phi) is 4.41. The molecule has 6 heteroatoms. The Balaban J connectivity index is 1.47. The first kappa shape index (κ1) is 16.7. The second-order valence-electron chi connectivity index (χ2n) is 7.06. The maximum Gasteiger partial charge on any atom is 0.137 e. The molecule has 1 fully saturated rings. The molecular formula is C20H24N6. The van der Waals surface area contributed by atoms with Gasteiger partial charge in [-0.1, -0.05) is 11.6 Å². The van der Waals surface area contributed by atoms with Gasteiger partial charge < -0.3 is 10.2 Å². The molecule has 1 aliphatic rings. The van der Waals surface area contributed by atoms with Crippen LogP contribution in [0.3, 0.4) is 0 Å². The van der Waals surface area contributed by atoms with Crippen molar-refractivity contribution in [1.82, 2.24) is 19.9 Å². The van der Waals surface area contributed by atoms with Crippen molar-refractivity contribution in [2.75, 3.05) is 23.3 Å². The lowest BCUT2D eigenvalue weighted by molar-refractivity contribution is 0.522. The predicted molar refractivity (Wildman–Crippen MR) is 105 cm³/mol. The number of rotatable bonds is 3. The van der Waals surface area contributed by atoms with Crippen LogP contribution in [0.1, 0.15) is 29.9 Å². The third-order valence-electron chi connectivity index (χ3n) is 4.90. The third kappa shape index (κ3) is 3.45. The number of hydrogen-bond acceptors (Lipinski definition) is 6. The van der Waals surface area contributed by atoms with Gasteiger partial charge in [-0.3, -0.25) is 0 Å². The Morgan fingerprint density at radius 2 is 1.81 bits per heavy atom. The van der Waals surface area contributed by atoms with Crippen molar-refractivity contribution >= 4 is 22.5 Å². The summed E-state index contributed by atoms with van der Waals surface area (Å²) in [6.07, 6.45) is 3.75. The molecule has 2 aromatic heterocycles. The first-order valence-corrected chi connectivity index (χ1v) is 9.13. The Labute approximate surface area is 153 Å². The van der Waals surface area contributed by atoms with E-state index in [4.69, 9.17) is 0 Å². The van der Waals surface area contributed by atoms with E-state index in [1.165, 1.54) is 5.56 Å². The molecule has 0 aliphatic carbocycles. The molecule has 0 unspecified atom stereocenters. The largest absolute Gasteiger partial charge is 0.367 e. The number of aromatic nitrogens is 4. The lowest BCUT2D eigenvalue weighted by atomic mass is 10.0. The molecule has 0 atom stereocenters. The Bertz CT molecular complexity index is 910. The van der Waals surface area contributed by atoms with Crippen molar-refractivity contribution < 1.29 is 0 Å². The van der Waals surface area contributed by atoms with Gasteiger partial charge in [-0.25, -0.2) is 19.9 Å². The number of piperidine rings is 1. The van der Waals surface area contributed by atoms with Crippen molar-refractivity contribution in [3.05, 3.63) is 47.7 Å². The smallest absolute Gasteiger partial charge is 0.137 e. The summed E-state index contributed by atoms with van der Waals surface area (Å²) in [6.45, 7) is 8.04. The lowest BCUT2D eigenvalue weighted by Crippen LogP contribution is -2.39. The SMILES string of the molecule is Cc1ccc2ncnc(NC3CCN(c4cc(C)nc(C)n4)CC3)c2c1. The van der Waals surface area contributed by atoms with Gasteiger partial charge in [0.25, 0.3) is 0 Å². The fourth-order valence-corrected chi connectivity index (χ4v) is 3.59. The summed E-state index contributed by atoms with van der Waals surface area (Å²) in [4.78, 5) is 20.2. The van der Waals surface area contributed by atoms with Gasteiger partial charge in [0, 0.05) is 36.3 Å². The van der Waals surface area contributed by atoms with E-state index in [-0.39, 0.29) is 0 Å². The van der Waals surface area contributed by atoms with Crippen LogP contribution in [0.4, 0.5) is 11.6 Å². The number of nitrogens with zero attached hydrogens (tertiary/aromatic N) is 5. The molecule has 0 saturated carbocycles. The van der Waals surface area contributed by atoms with E-state index in [0.29, 0.717) is 6.04 Å². The van der Waals surface area contributed by atoms with Crippen molar-refractivity contribution in [1.29, 1.82) is 0 Å². The van der Waals surface area contributed by atoms with E-state index in [9.17, 15) is 0 Å². The van der Waals surface area contributed by atoms with E-state index in [2.05, 4.69) is 61.3 Å². The highest BCUT2D eigenvalue weighted by atomic mass is 15.2. The van der Waals surface area contributed by atoms with E-state index < -0.39 is 0 Å². The molecule has 6 nitrogen and oxygen atoms in total. The van der Waals surface area contributed by atoms with Crippen LogP contribution in [0.15, 0.2) is 30.6 Å². The second kappa shape index (κ2) is 6.86. The van der Waals surface area contributed by atoms with Gasteiger partial charge >= 0.3 is 0 Å². The second-order valence-corrected chi connectivity index (χ2v) is 7.06. The Hall–Kier alpha value is -2.76. The average molecular weight is 348 g/mol. The zero-order valence-electron chi connectivity index (χ0n) is 15.5. The highest BCUT2D eigenvalue weighted by molar-refractivity contribution is 5.89. The molecule has 0 spiro atoms. The monoisotopic (exact) mass is 348 g/mol. The Morgan fingerprint density at radius 3 is 2.58 bits per heavy atom. The summed E-state index contributed by atoms with van der Waals surface area (Å²) in [5, 5.41) is 4.73. The predicted octanol–water partition coefficient (Wildman–Crippen LogP) is 3.43. The van der Waals surface area contributed by atoms with Crippen LogP contribution in [-0.2, 0) is 0 Å². The van der Waals surface area contributed by atoms with Crippen LogP contribution < -0.4 is 10.2 Å². The number of hydrogen-bond donors (Lipinski definition) is 1. The van der Waals surface area contributed by atoms with Crippen LogP contribution >= 0.6 is 0 Å². The van der Waals surface area contributed by atoms with Crippen molar-refractivity contribution in [3.63, 3.8) is 0 Å². The van der Waals surface area contributed by atoms with Crippen molar-refractivity contribution in [2.24, 2.45) is 0 Å². The van der Waals surface area contributed by atoms with Crippen molar-refractivity contribution in [3.8, 4) is 0 Å². The number of anilines is 2. The van der Waals surface area contributed by atoms with E-state index in [1.807, 2.05) is 13.8 Å². The molecule has 3 aromatic rings.